The van der Waals surface area contributed by atoms with Crippen LogP contribution in [0.1, 0.15) is 18.4 Å². The highest BCUT2D eigenvalue weighted by molar-refractivity contribution is 5.89. The number of alkyl halides is 3. The van der Waals surface area contributed by atoms with Crippen molar-refractivity contribution in [2.24, 2.45) is 5.92 Å². The Balaban J connectivity index is 2.00. The molecule has 1 atom stereocenters. The van der Waals surface area contributed by atoms with E-state index in [9.17, 15) is 22.8 Å². The zero-order valence-corrected chi connectivity index (χ0v) is 12.3. The van der Waals surface area contributed by atoms with E-state index in [0.29, 0.717) is 19.4 Å². The highest BCUT2D eigenvalue weighted by atomic mass is 19.4. The number of benzene rings is 1. The largest absolute Gasteiger partial charge is 0.481 e. The number of likely N-dealkylation sites (tertiary alicyclic amines) is 1. The van der Waals surface area contributed by atoms with Gasteiger partial charge in [0.25, 0.3) is 0 Å². The number of amides is 2. The first-order valence-corrected chi connectivity index (χ1v) is 7.19. The Kier molecular flexibility index (Phi) is 5.12. The summed E-state index contributed by atoms with van der Waals surface area (Å²) in [6, 6.07) is 5.04. The number of hydrogen-bond acceptors (Lipinski definition) is 2. The molecule has 2 N–H and O–H groups in total. The molecule has 2 amide bonds. The summed E-state index contributed by atoms with van der Waals surface area (Å²) >= 11 is 0. The molecule has 1 heterocycles. The van der Waals surface area contributed by atoms with Gasteiger partial charge in [-0.3, -0.25) is 4.79 Å². The second-order valence-corrected chi connectivity index (χ2v) is 5.55. The van der Waals surface area contributed by atoms with Crippen LogP contribution in [0.4, 0.5) is 23.7 Å². The molecule has 0 saturated carbocycles. The van der Waals surface area contributed by atoms with Crippen LogP contribution in [0.2, 0.25) is 0 Å². The lowest BCUT2D eigenvalue weighted by Crippen LogP contribution is -2.44. The van der Waals surface area contributed by atoms with E-state index in [1.165, 1.54) is 29.2 Å². The van der Waals surface area contributed by atoms with E-state index in [4.69, 9.17) is 5.11 Å². The lowest BCUT2D eigenvalue weighted by Gasteiger charge is -2.30. The zero-order chi connectivity index (χ0) is 17.0. The van der Waals surface area contributed by atoms with E-state index in [1.807, 2.05) is 0 Å². The molecule has 1 aliphatic heterocycles. The van der Waals surface area contributed by atoms with Crippen LogP contribution >= 0.6 is 0 Å². The van der Waals surface area contributed by atoms with Gasteiger partial charge in [0.1, 0.15) is 0 Å². The van der Waals surface area contributed by atoms with E-state index in [-0.39, 0.29) is 17.8 Å². The molecule has 1 fully saturated rings. The van der Waals surface area contributed by atoms with Crippen LogP contribution in [0.5, 0.6) is 0 Å². The van der Waals surface area contributed by atoms with Gasteiger partial charge in [-0.25, -0.2) is 4.79 Å². The summed E-state index contributed by atoms with van der Waals surface area (Å²) in [6.45, 7) is 0.529. The molecular formula is C15H17F3N2O3. The summed E-state index contributed by atoms with van der Waals surface area (Å²) in [5, 5.41) is 11.5. The van der Waals surface area contributed by atoms with Crippen molar-refractivity contribution in [3.05, 3.63) is 29.8 Å². The molecular weight excluding hydrogens is 313 g/mol. The summed E-state index contributed by atoms with van der Waals surface area (Å²) in [6.07, 6.45) is -4.29. The first-order chi connectivity index (χ1) is 10.7. The average molecular weight is 330 g/mol. The maximum atomic E-state index is 12.4. The lowest BCUT2D eigenvalue weighted by atomic mass is 9.99. The quantitative estimate of drug-likeness (QED) is 0.895. The summed E-state index contributed by atoms with van der Waals surface area (Å²) in [5.41, 5.74) is 0.312. The van der Waals surface area contributed by atoms with Gasteiger partial charge in [0, 0.05) is 18.8 Å². The van der Waals surface area contributed by atoms with Crippen LogP contribution in [0.3, 0.4) is 0 Å². The van der Waals surface area contributed by atoms with Crippen molar-refractivity contribution in [3.63, 3.8) is 0 Å². The minimum atomic E-state index is -4.32. The van der Waals surface area contributed by atoms with E-state index < -0.39 is 30.5 Å². The summed E-state index contributed by atoms with van der Waals surface area (Å²) < 4.78 is 37.2. The molecule has 0 bridgehead atoms. The second kappa shape index (κ2) is 6.89. The number of rotatable bonds is 3. The fourth-order valence-electron chi connectivity index (χ4n) is 2.56. The van der Waals surface area contributed by atoms with Crippen LogP contribution < -0.4 is 5.32 Å². The first kappa shape index (κ1) is 17.1. The molecule has 23 heavy (non-hydrogen) atoms. The van der Waals surface area contributed by atoms with Crippen molar-refractivity contribution in [3.8, 4) is 0 Å². The average Bonchev–Trinajstić information content (AvgIpc) is 2.46. The van der Waals surface area contributed by atoms with Gasteiger partial charge < -0.3 is 15.3 Å². The molecule has 1 aliphatic rings. The maximum Gasteiger partial charge on any atom is 0.393 e. The third kappa shape index (κ3) is 5.15. The number of aliphatic carboxylic acids is 1. The molecule has 0 radical (unpaired) electrons. The summed E-state index contributed by atoms with van der Waals surface area (Å²) in [5.74, 6) is -1.55. The molecule has 1 aromatic rings. The van der Waals surface area contributed by atoms with Crippen LogP contribution in [0.15, 0.2) is 24.3 Å². The zero-order valence-electron chi connectivity index (χ0n) is 12.3. The fraction of sp³-hybridized carbons (Fsp3) is 0.467. The van der Waals surface area contributed by atoms with Gasteiger partial charge in [-0.15, -0.1) is 0 Å². The molecule has 1 unspecified atom stereocenters. The standard InChI is InChI=1S/C15H17F3N2O3/c16-15(17,18)8-10-3-1-5-12(7-10)19-14(23)20-6-2-4-11(9-20)13(21)22/h1,3,5,7,11H,2,4,6,8-9H2,(H,19,23)(H,21,22). The maximum absolute atomic E-state index is 12.4. The number of carboxylic acids is 1. The van der Waals surface area contributed by atoms with Crippen molar-refractivity contribution in [2.75, 3.05) is 18.4 Å². The normalized spacial score (nSPS) is 18.6. The molecule has 1 saturated heterocycles. The van der Waals surface area contributed by atoms with Crippen LogP contribution in [0, 0.1) is 5.92 Å². The van der Waals surface area contributed by atoms with Crippen molar-refractivity contribution in [2.45, 2.75) is 25.4 Å². The Morgan fingerprint density at radius 1 is 1.35 bits per heavy atom. The third-order valence-corrected chi connectivity index (χ3v) is 3.64. The number of anilines is 1. The number of halogens is 3. The number of urea groups is 1. The highest BCUT2D eigenvalue weighted by Gasteiger charge is 2.29. The summed E-state index contributed by atoms with van der Waals surface area (Å²) in [4.78, 5) is 24.5. The summed E-state index contributed by atoms with van der Waals surface area (Å²) in [7, 11) is 0. The Hall–Kier alpha value is -2.25. The van der Waals surface area contributed by atoms with Gasteiger partial charge in [0.2, 0.25) is 0 Å². The van der Waals surface area contributed by atoms with Crippen molar-refractivity contribution in [1.82, 2.24) is 4.90 Å². The van der Waals surface area contributed by atoms with E-state index in [2.05, 4.69) is 5.32 Å². The Morgan fingerprint density at radius 3 is 2.74 bits per heavy atom. The minimum Gasteiger partial charge on any atom is -0.481 e. The van der Waals surface area contributed by atoms with Crippen LogP contribution in [-0.4, -0.2) is 41.3 Å². The predicted molar refractivity (Wildman–Crippen MR) is 77.2 cm³/mol. The number of piperidine rings is 1. The molecule has 126 valence electrons. The first-order valence-electron chi connectivity index (χ1n) is 7.19. The van der Waals surface area contributed by atoms with Gasteiger partial charge in [-0.05, 0) is 30.5 Å². The number of carbonyl (C=O) groups is 2. The van der Waals surface area contributed by atoms with Gasteiger partial charge in [0.05, 0.1) is 12.3 Å². The Labute approximate surface area is 131 Å². The van der Waals surface area contributed by atoms with Gasteiger partial charge in [0.15, 0.2) is 0 Å². The van der Waals surface area contributed by atoms with Crippen molar-refractivity contribution >= 4 is 17.7 Å². The molecule has 1 aromatic carbocycles. The topological polar surface area (TPSA) is 69.6 Å². The van der Waals surface area contributed by atoms with Crippen molar-refractivity contribution < 1.29 is 27.9 Å². The molecule has 2 rings (SSSR count). The number of nitrogens with one attached hydrogen (secondary N) is 1. The number of carboxylic acid groups (broad SMARTS) is 1. The highest BCUT2D eigenvalue weighted by Crippen LogP contribution is 2.23. The molecule has 8 heteroatoms. The smallest absolute Gasteiger partial charge is 0.393 e. The Morgan fingerprint density at radius 2 is 2.09 bits per heavy atom. The van der Waals surface area contributed by atoms with Crippen LogP contribution in [0.25, 0.3) is 0 Å². The van der Waals surface area contributed by atoms with Crippen molar-refractivity contribution in [1.29, 1.82) is 0 Å². The number of hydrogen-bond donors (Lipinski definition) is 2. The minimum absolute atomic E-state index is 0.0531. The van der Waals surface area contributed by atoms with E-state index in [0.717, 1.165) is 0 Å². The van der Waals surface area contributed by atoms with Gasteiger partial charge >= 0.3 is 18.2 Å². The van der Waals surface area contributed by atoms with Crippen LogP contribution in [-0.2, 0) is 11.2 Å². The lowest BCUT2D eigenvalue weighted by molar-refractivity contribution is -0.143. The molecule has 0 aromatic heterocycles. The predicted octanol–water partition coefficient (Wildman–Crippen LogP) is 3.12. The fourth-order valence-corrected chi connectivity index (χ4v) is 2.56. The number of nitrogens with zero attached hydrogens (tertiary/aromatic N) is 1. The monoisotopic (exact) mass is 330 g/mol. The van der Waals surface area contributed by atoms with E-state index >= 15 is 0 Å². The van der Waals surface area contributed by atoms with Gasteiger partial charge in [-0.1, -0.05) is 12.1 Å². The number of carbonyl (C=O) groups excluding carboxylic acids is 1. The molecule has 0 spiro atoms. The Bertz CT molecular complexity index is 590. The molecule has 5 nitrogen and oxygen atoms in total. The third-order valence-electron chi connectivity index (χ3n) is 3.64. The van der Waals surface area contributed by atoms with E-state index in [1.54, 1.807) is 0 Å². The van der Waals surface area contributed by atoms with Gasteiger partial charge in [-0.2, -0.15) is 13.2 Å². The SMILES string of the molecule is O=C(O)C1CCCN(C(=O)Nc2cccc(CC(F)(F)F)c2)C1. The second-order valence-electron chi connectivity index (χ2n) is 5.55. The molecule has 0 aliphatic carbocycles.